The third-order valence-electron chi connectivity index (χ3n) is 3.51. The lowest BCUT2D eigenvalue weighted by molar-refractivity contribution is 0.0912. The quantitative estimate of drug-likeness (QED) is 0.759. The number of ether oxygens (including phenoxy) is 1. The Morgan fingerprint density at radius 1 is 1.21 bits per heavy atom. The van der Waals surface area contributed by atoms with Crippen molar-refractivity contribution in [1.29, 1.82) is 0 Å². The summed E-state index contributed by atoms with van der Waals surface area (Å²) in [5.41, 5.74) is 6.97. The molecule has 0 aliphatic carbocycles. The number of aliphatic hydroxyl groups excluding tert-OH is 1. The monoisotopic (exact) mass is 265 g/mol. The Labute approximate surface area is 116 Å². The van der Waals surface area contributed by atoms with Crippen molar-refractivity contribution in [3.63, 3.8) is 0 Å². The van der Waals surface area contributed by atoms with E-state index in [0.717, 1.165) is 25.0 Å². The van der Waals surface area contributed by atoms with Crippen molar-refractivity contribution < 1.29 is 9.84 Å². The second-order valence-corrected chi connectivity index (χ2v) is 5.58. The fourth-order valence-electron chi connectivity index (χ4n) is 2.36. The molecule has 3 nitrogen and oxygen atoms in total. The predicted octanol–water partition coefficient (Wildman–Crippen LogP) is 2.61. The summed E-state index contributed by atoms with van der Waals surface area (Å²) >= 11 is 0. The number of benzene rings is 1. The van der Waals surface area contributed by atoms with Crippen LogP contribution < -0.4 is 10.5 Å². The minimum Gasteiger partial charge on any atom is -0.497 e. The Balaban J connectivity index is 2.45. The number of methoxy groups -OCH3 is 1. The Morgan fingerprint density at radius 3 is 2.32 bits per heavy atom. The maximum atomic E-state index is 10.2. The fraction of sp³-hybridized carbons (Fsp3) is 0.625. The highest BCUT2D eigenvalue weighted by Crippen LogP contribution is 2.19. The summed E-state index contributed by atoms with van der Waals surface area (Å²) in [6.07, 6.45) is 2.32. The molecule has 0 aliphatic heterocycles. The first-order valence-electron chi connectivity index (χ1n) is 7.07. The molecule has 0 saturated carbocycles. The van der Waals surface area contributed by atoms with Crippen LogP contribution in [0.1, 0.15) is 32.3 Å². The molecule has 0 saturated heterocycles. The maximum absolute atomic E-state index is 10.2. The van der Waals surface area contributed by atoms with Gasteiger partial charge >= 0.3 is 0 Å². The van der Waals surface area contributed by atoms with Gasteiger partial charge in [0, 0.05) is 0 Å². The van der Waals surface area contributed by atoms with Gasteiger partial charge in [0.1, 0.15) is 5.75 Å². The Hall–Kier alpha value is -1.06. The lowest BCUT2D eigenvalue weighted by Crippen LogP contribution is -2.29. The van der Waals surface area contributed by atoms with Crippen LogP contribution in [0.4, 0.5) is 0 Å². The number of hydrogen-bond donors (Lipinski definition) is 2. The van der Waals surface area contributed by atoms with Gasteiger partial charge in [0.05, 0.1) is 13.2 Å². The van der Waals surface area contributed by atoms with Gasteiger partial charge in [-0.05, 0) is 55.3 Å². The summed E-state index contributed by atoms with van der Waals surface area (Å²) in [5.74, 6) is 1.64. The summed E-state index contributed by atoms with van der Waals surface area (Å²) in [6.45, 7) is 4.89. The third kappa shape index (κ3) is 5.62. The van der Waals surface area contributed by atoms with Gasteiger partial charge in [-0.25, -0.2) is 0 Å². The standard InChI is InChI=1S/C16H27NO2/c1-12(2)10-14(11-17)16(18)9-6-13-4-7-15(19-3)8-5-13/h4-5,7-8,12,14,16,18H,6,9-11,17H2,1-3H3. The van der Waals surface area contributed by atoms with E-state index < -0.39 is 0 Å². The largest absolute Gasteiger partial charge is 0.497 e. The van der Waals surface area contributed by atoms with Gasteiger partial charge in [0.2, 0.25) is 0 Å². The molecular formula is C16H27NO2. The van der Waals surface area contributed by atoms with Crippen molar-refractivity contribution in [3.05, 3.63) is 29.8 Å². The van der Waals surface area contributed by atoms with Gasteiger partial charge in [0.25, 0.3) is 0 Å². The first kappa shape index (κ1) is 16.0. The lowest BCUT2D eigenvalue weighted by Gasteiger charge is -2.23. The molecule has 2 atom stereocenters. The highest BCUT2D eigenvalue weighted by Gasteiger charge is 2.18. The van der Waals surface area contributed by atoms with E-state index in [1.807, 2.05) is 24.3 Å². The Kier molecular flexibility index (Phi) is 6.89. The SMILES string of the molecule is COc1ccc(CCC(O)C(CN)CC(C)C)cc1. The van der Waals surface area contributed by atoms with Crippen molar-refractivity contribution in [3.8, 4) is 5.75 Å². The number of hydrogen-bond acceptors (Lipinski definition) is 3. The second-order valence-electron chi connectivity index (χ2n) is 5.58. The third-order valence-corrected chi connectivity index (χ3v) is 3.51. The molecule has 0 radical (unpaired) electrons. The average Bonchev–Trinajstić information content (AvgIpc) is 2.42. The van der Waals surface area contributed by atoms with Gasteiger partial charge in [-0.2, -0.15) is 0 Å². The summed E-state index contributed by atoms with van der Waals surface area (Å²) < 4.78 is 5.13. The summed E-state index contributed by atoms with van der Waals surface area (Å²) in [7, 11) is 1.66. The molecule has 0 spiro atoms. The van der Waals surface area contributed by atoms with Crippen molar-refractivity contribution in [2.75, 3.05) is 13.7 Å². The molecule has 1 rings (SSSR count). The van der Waals surface area contributed by atoms with Crippen LogP contribution in [-0.2, 0) is 6.42 Å². The van der Waals surface area contributed by atoms with Crippen LogP contribution >= 0.6 is 0 Å². The first-order chi connectivity index (χ1) is 9.06. The fourth-order valence-corrected chi connectivity index (χ4v) is 2.36. The maximum Gasteiger partial charge on any atom is 0.118 e. The van der Waals surface area contributed by atoms with Crippen LogP contribution in [0.15, 0.2) is 24.3 Å². The zero-order valence-electron chi connectivity index (χ0n) is 12.3. The molecular weight excluding hydrogens is 238 g/mol. The number of nitrogens with two attached hydrogens (primary N) is 1. The van der Waals surface area contributed by atoms with Gasteiger partial charge in [0.15, 0.2) is 0 Å². The molecule has 0 aromatic heterocycles. The molecule has 0 amide bonds. The van der Waals surface area contributed by atoms with Crippen molar-refractivity contribution in [1.82, 2.24) is 0 Å². The molecule has 0 aliphatic rings. The van der Waals surface area contributed by atoms with Crippen LogP contribution in [0, 0.1) is 11.8 Å². The van der Waals surface area contributed by atoms with E-state index in [2.05, 4.69) is 13.8 Å². The Bertz CT molecular complexity index is 348. The molecule has 1 aromatic carbocycles. The first-order valence-corrected chi connectivity index (χ1v) is 7.07. The van der Waals surface area contributed by atoms with E-state index in [1.165, 1.54) is 5.56 Å². The van der Waals surface area contributed by atoms with E-state index in [-0.39, 0.29) is 12.0 Å². The summed E-state index contributed by atoms with van der Waals surface area (Å²) in [5, 5.41) is 10.2. The molecule has 2 unspecified atom stereocenters. The molecule has 3 heteroatoms. The predicted molar refractivity (Wildman–Crippen MR) is 79.3 cm³/mol. The highest BCUT2D eigenvalue weighted by atomic mass is 16.5. The van der Waals surface area contributed by atoms with Gasteiger partial charge in [-0.1, -0.05) is 26.0 Å². The number of rotatable bonds is 8. The van der Waals surface area contributed by atoms with Gasteiger partial charge in [-0.3, -0.25) is 0 Å². The topological polar surface area (TPSA) is 55.5 Å². The van der Waals surface area contributed by atoms with Crippen molar-refractivity contribution in [2.45, 2.75) is 39.2 Å². The van der Waals surface area contributed by atoms with Crippen LogP contribution in [-0.4, -0.2) is 24.9 Å². The lowest BCUT2D eigenvalue weighted by atomic mass is 9.89. The minimum atomic E-state index is -0.311. The summed E-state index contributed by atoms with van der Waals surface area (Å²) in [6, 6.07) is 8.00. The minimum absolute atomic E-state index is 0.207. The molecule has 19 heavy (non-hydrogen) atoms. The Morgan fingerprint density at radius 2 is 1.84 bits per heavy atom. The molecule has 108 valence electrons. The van der Waals surface area contributed by atoms with Crippen molar-refractivity contribution in [2.24, 2.45) is 17.6 Å². The second kappa shape index (κ2) is 8.18. The van der Waals surface area contributed by atoms with E-state index >= 15 is 0 Å². The smallest absolute Gasteiger partial charge is 0.118 e. The number of aryl methyl sites for hydroxylation is 1. The molecule has 0 fully saturated rings. The van der Waals surface area contributed by atoms with E-state index in [1.54, 1.807) is 7.11 Å². The van der Waals surface area contributed by atoms with Crippen molar-refractivity contribution >= 4 is 0 Å². The van der Waals surface area contributed by atoms with Crippen LogP contribution in [0.2, 0.25) is 0 Å². The van der Waals surface area contributed by atoms with E-state index in [4.69, 9.17) is 10.5 Å². The zero-order chi connectivity index (χ0) is 14.3. The number of aliphatic hydroxyl groups is 1. The molecule has 0 heterocycles. The molecule has 1 aromatic rings. The normalized spacial score (nSPS) is 14.4. The highest BCUT2D eigenvalue weighted by molar-refractivity contribution is 5.27. The van der Waals surface area contributed by atoms with E-state index in [0.29, 0.717) is 12.5 Å². The van der Waals surface area contributed by atoms with E-state index in [9.17, 15) is 5.11 Å². The molecule has 3 N–H and O–H groups in total. The molecule has 0 bridgehead atoms. The average molecular weight is 265 g/mol. The van der Waals surface area contributed by atoms with Crippen LogP contribution in [0.25, 0.3) is 0 Å². The van der Waals surface area contributed by atoms with Gasteiger partial charge < -0.3 is 15.6 Å². The van der Waals surface area contributed by atoms with Crippen LogP contribution in [0.5, 0.6) is 5.75 Å². The zero-order valence-corrected chi connectivity index (χ0v) is 12.3. The summed E-state index contributed by atoms with van der Waals surface area (Å²) in [4.78, 5) is 0. The van der Waals surface area contributed by atoms with Gasteiger partial charge in [-0.15, -0.1) is 0 Å². The van der Waals surface area contributed by atoms with Crippen LogP contribution in [0.3, 0.4) is 0 Å².